The van der Waals surface area contributed by atoms with Crippen molar-refractivity contribution in [3.63, 3.8) is 0 Å². The van der Waals surface area contributed by atoms with E-state index in [1.165, 1.54) is 12.1 Å². The molecule has 0 saturated heterocycles. The minimum absolute atomic E-state index is 0. The van der Waals surface area contributed by atoms with Crippen molar-refractivity contribution in [2.75, 3.05) is 18.8 Å². The van der Waals surface area contributed by atoms with E-state index in [1.54, 1.807) is 0 Å². The van der Waals surface area contributed by atoms with Crippen LogP contribution in [0.3, 0.4) is 0 Å². The maximum Gasteiger partial charge on any atom is 0.416 e. The Bertz CT molecular complexity index is 784. The molecule has 160 valence electrons. The molecule has 0 heterocycles. The Labute approximate surface area is 188 Å². The topological polar surface area (TPSA) is 53.5 Å². The van der Waals surface area contributed by atoms with Crippen LogP contribution in [-0.4, -0.2) is 29.0 Å². The molecule has 0 aliphatic heterocycles. The van der Waals surface area contributed by atoms with E-state index in [1.807, 2.05) is 37.3 Å². The smallest absolute Gasteiger partial charge is 0.357 e. The first kappa shape index (κ1) is 25.4. The summed E-state index contributed by atoms with van der Waals surface area (Å²) >= 11 is 0. The van der Waals surface area contributed by atoms with Gasteiger partial charge in [0.25, 0.3) is 0 Å². The van der Waals surface area contributed by atoms with Crippen molar-refractivity contribution in [2.45, 2.75) is 25.4 Å². The molecule has 9 heteroatoms. The van der Waals surface area contributed by atoms with E-state index >= 15 is 0 Å². The molecule has 1 unspecified atom stereocenters. The number of hydrogen-bond acceptors (Lipinski definition) is 2. The predicted molar refractivity (Wildman–Crippen MR) is 123 cm³/mol. The predicted octanol–water partition coefficient (Wildman–Crippen LogP) is 4.33. The van der Waals surface area contributed by atoms with Gasteiger partial charge in [-0.25, -0.2) is 4.99 Å². The van der Waals surface area contributed by atoms with Crippen molar-refractivity contribution >= 4 is 40.7 Å². The largest absolute Gasteiger partial charge is 0.416 e. The third-order valence-corrected chi connectivity index (χ3v) is 5.15. The Morgan fingerprint density at radius 2 is 1.66 bits per heavy atom. The lowest BCUT2D eigenvalue weighted by Gasteiger charge is -2.11. The minimum atomic E-state index is -4.34. The van der Waals surface area contributed by atoms with Crippen LogP contribution in [0, 0.1) is 0 Å². The lowest BCUT2D eigenvalue weighted by Crippen LogP contribution is -2.39. The highest BCUT2D eigenvalue weighted by molar-refractivity contribution is 14.0. The fraction of sp³-hybridized carbons (Fsp3) is 0.350. The third-order valence-electron chi connectivity index (χ3n) is 3.84. The van der Waals surface area contributed by atoms with Crippen molar-refractivity contribution < 1.29 is 17.4 Å². The van der Waals surface area contributed by atoms with Crippen LogP contribution in [0.15, 0.2) is 59.6 Å². The van der Waals surface area contributed by atoms with Gasteiger partial charge in [-0.3, -0.25) is 4.21 Å². The van der Waals surface area contributed by atoms with E-state index < -0.39 is 22.5 Å². The van der Waals surface area contributed by atoms with Gasteiger partial charge < -0.3 is 10.6 Å². The molecule has 0 aromatic heterocycles. The van der Waals surface area contributed by atoms with Crippen molar-refractivity contribution in [1.29, 1.82) is 0 Å². The summed E-state index contributed by atoms with van der Waals surface area (Å²) < 4.78 is 50.0. The highest BCUT2D eigenvalue weighted by Gasteiger charge is 2.29. The van der Waals surface area contributed by atoms with Crippen LogP contribution in [0.4, 0.5) is 13.2 Å². The highest BCUT2D eigenvalue weighted by Crippen LogP contribution is 2.29. The fourth-order valence-electron chi connectivity index (χ4n) is 2.43. The van der Waals surface area contributed by atoms with Crippen LogP contribution in [0.1, 0.15) is 23.6 Å². The van der Waals surface area contributed by atoms with Crippen molar-refractivity contribution in [3.05, 3.63) is 71.3 Å². The van der Waals surface area contributed by atoms with Gasteiger partial charge in [-0.1, -0.05) is 42.5 Å². The summed E-state index contributed by atoms with van der Waals surface area (Å²) in [6.07, 6.45) is -4.34. The zero-order valence-electron chi connectivity index (χ0n) is 16.0. The first-order chi connectivity index (χ1) is 13.4. The van der Waals surface area contributed by atoms with E-state index in [-0.39, 0.29) is 30.5 Å². The summed E-state index contributed by atoms with van der Waals surface area (Å²) in [5.74, 6) is 1.51. The molecule has 0 fully saturated rings. The Morgan fingerprint density at radius 1 is 1.00 bits per heavy atom. The van der Waals surface area contributed by atoms with Gasteiger partial charge in [0.15, 0.2) is 5.96 Å². The number of nitrogens with zero attached hydrogens (tertiary/aromatic N) is 1. The maximum atomic E-state index is 12.6. The van der Waals surface area contributed by atoms with Gasteiger partial charge in [-0.15, -0.1) is 24.0 Å². The molecule has 29 heavy (non-hydrogen) atoms. The Morgan fingerprint density at radius 3 is 2.24 bits per heavy atom. The minimum Gasteiger partial charge on any atom is -0.357 e. The second-order valence-electron chi connectivity index (χ2n) is 6.09. The molecule has 1 atom stereocenters. The lowest BCUT2D eigenvalue weighted by atomic mass is 10.1. The third kappa shape index (κ3) is 9.62. The van der Waals surface area contributed by atoms with Crippen LogP contribution in [0.2, 0.25) is 0 Å². The standard InChI is InChI=1S/C20H24F3N3OS.HI/c1-2-24-19(25-12-13-28(27)15-17-6-4-3-5-7-17)26-14-16-8-10-18(11-9-16)20(21,22)23;/h3-11H,2,12-15H2,1H3,(H2,24,25,26);1H. The van der Waals surface area contributed by atoms with Crippen LogP contribution >= 0.6 is 24.0 Å². The van der Waals surface area contributed by atoms with E-state index in [2.05, 4.69) is 15.6 Å². The number of halogens is 4. The average Bonchev–Trinajstić information content (AvgIpc) is 2.66. The highest BCUT2D eigenvalue weighted by atomic mass is 127. The number of guanidine groups is 1. The van der Waals surface area contributed by atoms with Crippen LogP contribution in [-0.2, 0) is 29.3 Å². The van der Waals surface area contributed by atoms with Gasteiger partial charge in [-0.05, 0) is 30.2 Å². The summed E-state index contributed by atoms with van der Waals surface area (Å²) in [5.41, 5.74) is 1.03. The molecule has 0 amide bonds. The van der Waals surface area contributed by atoms with Crippen LogP contribution in [0.25, 0.3) is 0 Å². The number of benzene rings is 2. The molecule has 0 aliphatic rings. The zero-order valence-corrected chi connectivity index (χ0v) is 19.2. The molecule has 2 N–H and O–H groups in total. The molecule has 0 bridgehead atoms. The van der Waals surface area contributed by atoms with E-state index in [0.717, 1.165) is 17.7 Å². The quantitative estimate of drug-likeness (QED) is 0.299. The summed E-state index contributed by atoms with van der Waals surface area (Å²) in [6.45, 7) is 3.30. The Balaban J connectivity index is 0.00000420. The SMILES string of the molecule is CCNC(=NCc1ccc(C(F)(F)F)cc1)NCCS(=O)Cc1ccccc1.I. The molecule has 2 aromatic carbocycles. The number of alkyl halides is 3. The molecular formula is C20H25F3IN3OS. The van der Waals surface area contributed by atoms with E-state index in [0.29, 0.717) is 36.1 Å². The van der Waals surface area contributed by atoms with Gasteiger partial charge in [0.1, 0.15) is 0 Å². The average molecular weight is 539 g/mol. The lowest BCUT2D eigenvalue weighted by molar-refractivity contribution is -0.137. The Kier molecular flexibility index (Phi) is 11.3. The van der Waals surface area contributed by atoms with Gasteiger partial charge >= 0.3 is 6.18 Å². The van der Waals surface area contributed by atoms with Gasteiger partial charge in [0.2, 0.25) is 0 Å². The van der Waals surface area contributed by atoms with Crippen molar-refractivity contribution in [3.8, 4) is 0 Å². The molecular weight excluding hydrogens is 514 g/mol. The van der Waals surface area contributed by atoms with Crippen molar-refractivity contribution in [2.24, 2.45) is 4.99 Å². The molecule has 0 saturated carbocycles. The van der Waals surface area contributed by atoms with Gasteiger partial charge in [0, 0.05) is 35.4 Å². The van der Waals surface area contributed by atoms with E-state index in [4.69, 9.17) is 0 Å². The second-order valence-corrected chi connectivity index (χ2v) is 7.67. The summed E-state index contributed by atoms with van der Waals surface area (Å²) in [4.78, 5) is 4.37. The van der Waals surface area contributed by atoms with Gasteiger partial charge in [-0.2, -0.15) is 13.2 Å². The second kappa shape index (κ2) is 12.8. The molecule has 0 aliphatic carbocycles. The number of aliphatic imine (C=N–C) groups is 1. The first-order valence-electron chi connectivity index (χ1n) is 8.95. The summed E-state index contributed by atoms with van der Waals surface area (Å²) in [6, 6.07) is 14.6. The Hall–Kier alpha value is -1.62. The molecule has 4 nitrogen and oxygen atoms in total. The fourth-order valence-corrected chi connectivity index (χ4v) is 3.47. The molecule has 2 aromatic rings. The molecule has 2 rings (SSSR count). The van der Waals surface area contributed by atoms with Crippen LogP contribution < -0.4 is 10.6 Å². The van der Waals surface area contributed by atoms with Gasteiger partial charge in [0.05, 0.1) is 12.1 Å². The number of hydrogen-bond donors (Lipinski definition) is 2. The first-order valence-corrected chi connectivity index (χ1v) is 10.4. The summed E-state index contributed by atoms with van der Waals surface area (Å²) in [5, 5.41) is 6.18. The van der Waals surface area contributed by atoms with E-state index in [9.17, 15) is 17.4 Å². The van der Waals surface area contributed by atoms with Crippen LogP contribution in [0.5, 0.6) is 0 Å². The van der Waals surface area contributed by atoms with Crippen molar-refractivity contribution in [1.82, 2.24) is 10.6 Å². The summed E-state index contributed by atoms with van der Waals surface area (Å²) in [7, 11) is -0.994. The number of nitrogens with one attached hydrogen (secondary N) is 2. The zero-order chi connectivity index (χ0) is 20.4. The monoisotopic (exact) mass is 539 g/mol. The molecule has 0 spiro atoms. The normalized spacial score (nSPS) is 12.8. The maximum absolute atomic E-state index is 12.6. The number of rotatable bonds is 8. The molecule has 0 radical (unpaired) electrons.